The SMILES string of the molecule is O=C(COC(=O)Cc1ccccc1)Nc1cc(Cl)c(Cl)cc1Cl. The van der Waals surface area contributed by atoms with Crippen LogP contribution in [0.1, 0.15) is 5.56 Å². The molecular formula is C16H12Cl3NO3. The minimum absolute atomic E-state index is 0.0989. The second-order valence-electron chi connectivity index (χ2n) is 4.62. The van der Waals surface area contributed by atoms with E-state index in [1.54, 1.807) is 12.1 Å². The summed E-state index contributed by atoms with van der Waals surface area (Å²) in [7, 11) is 0. The molecule has 2 rings (SSSR count). The van der Waals surface area contributed by atoms with E-state index in [0.717, 1.165) is 5.56 Å². The van der Waals surface area contributed by atoms with Gasteiger partial charge in [-0.25, -0.2) is 0 Å². The van der Waals surface area contributed by atoms with E-state index in [4.69, 9.17) is 39.5 Å². The second kappa shape index (κ2) is 8.20. The summed E-state index contributed by atoms with van der Waals surface area (Å²) in [5.41, 5.74) is 1.11. The largest absolute Gasteiger partial charge is 0.455 e. The number of halogens is 3. The summed E-state index contributed by atoms with van der Waals surface area (Å²) in [5.74, 6) is -1.02. The van der Waals surface area contributed by atoms with Gasteiger partial charge in [0.25, 0.3) is 5.91 Å². The van der Waals surface area contributed by atoms with Crippen LogP contribution < -0.4 is 5.32 Å². The lowest BCUT2D eigenvalue weighted by Crippen LogP contribution is -2.21. The Kier molecular flexibility index (Phi) is 6.28. The van der Waals surface area contributed by atoms with Gasteiger partial charge in [0.05, 0.1) is 27.2 Å². The second-order valence-corrected chi connectivity index (χ2v) is 5.84. The molecule has 0 radical (unpaired) electrons. The number of hydrogen-bond donors (Lipinski definition) is 1. The number of anilines is 1. The van der Waals surface area contributed by atoms with Gasteiger partial charge in [-0.15, -0.1) is 0 Å². The summed E-state index contributed by atoms with van der Waals surface area (Å²) in [6, 6.07) is 11.9. The third kappa shape index (κ3) is 5.43. The Labute approximate surface area is 148 Å². The van der Waals surface area contributed by atoms with Crippen LogP contribution in [-0.2, 0) is 20.7 Å². The van der Waals surface area contributed by atoms with Crippen molar-refractivity contribution in [2.45, 2.75) is 6.42 Å². The molecule has 1 N–H and O–H groups in total. The number of carbonyl (C=O) groups is 2. The lowest BCUT2D eigenvalue weighted by Gasteiger charge is -2.09. The number of benzene rings is 2. The highest BCUT2D eigenvalue weighted by molar-refractivity contribution is 6.44. The van der Waals surface area contributed by atoms with Gasteiger partial charge in [0, 0.05) is 0 Å². The smallest absolute Gasteiger partial charge is 0.310 e. The Bertz CT molecular complexity index is 720. The molecule has 0 atom stereocenters. The van der Waals surface area contributed by atoms with Gasteiger partial charge in [-0.3, -0.25) is 9.59 Å². The van der Waals surface area contributed by atoms with Crippen molar-refractivity contribution < 1.29 is 14.3 Å². The summed E-state index contributed by atoms with van der Waals surface area (Å²) in [5, 5.41) is 3.28. The van der Waals surface area contributed by atoms with E-state index in [9.17, 15) is 9.59 Å². The van der Waals surface area contributed by atoms with Crippen molar-refractivity contribution in [3.63, 3.8) is 0 Å². The molecule has 4 nitrogen and oxygen atoms in total. The van der Waals surface area contributed by atoms with Crippen molar-refractivity contribution in [3.8, 4) is 0 Å². The molecule has 0 heterocycles. The summed E-state index contributed by atoms with van der Waals surface area (Å²) < 4.78 is 4.92. The van der Waals surface area contributed by atoms with Crippen molar-refractivity contribution >= 4 is 52.4 Å². The van der Waals surface area contributed by atoms with E-state index in [1.807, 2.05) is 18.2 Å². The number of esters is 1. The third-order valence-electron chi connectivity index (χ3n) is 2.84. The van der Waals surface area contributed by atoms with Crippen LogP contribution in [0, 0.1) is 0 Å². The zero-order chi connectivity index (χ0) is 16.8. The Morgan fingerprint density at radius 1 is 0.957 bits per heavy atom. The van der Waals surface area contributed by atoms with E-state index >= 15 is 0 Å². The normalized spacial score (nSPS) is 10.2. The first-order valence-electron chi connectivity index (χ1n) is 6.59. The van der Waals surface area contributed by atoms with Gasteiger partial charge in [0.1, 0.15) is 0 Å². The highest BCUT2D eigenvalue weighted by atomic mass is 35.5. The minimum Gasteiger partial charge on any atom is -0.455 e. The first-order chi connectivity index (χ1) is 11.0. The fraction of sp³-hybridized carbons (Fsp3) is 0.125. The molecule has 7 heteroatoms. The molecule has 2 aromatic carbocycles. The maximum absolute atomic E-state index is 11.8. The zero-order valence-corrected chi connectivity index (χ0v) is 14.1. The highest BCUT2D eigenvalue weighted by Gasteiger charge is 2.12. The average Bonchev–Trinajstić information content (AvgIpc) is 2.51. The first kappa shape index (κ1) is 17.6. The summed E-state index contributed by atoms with van der Waals surface area (Å²) in [6.07, 6.45) is 0.0989. The summed E-state index contributed by atoms with van der Waals surface area (Å²) in [4.78, 5) is 23.5. The number of ether oxygens (including phenoxy) is 1. The van der Waals surface area contributed by atoms with E-state index in [1.165, 1.54) is 12.1 Å². The molecule has 0 saturated carbocycles. The molecule has 0 aliphatic rings. The topological polar surface area (TPSA) is 55.4 Å². The fourth-order valence-electron chi connectivity index (χ4n) is 1.76. The van der Waals surface area contributed by atoms with E-state index < -0.39 is 18.5 Å². The fourth-order valence-corrected chi connectivity index (χ4v) is 2.36. The number of amides is 1. The van der Waals surface area contributed by atoms with E-state index in [2.05, 4.69) is 5.32 Å². The maximum Gasteiger partial charge on any atom is 0.310 e. The molecule has 0 spiro atoms. The molecule has 2 aromatic rings. The van der Waals surface area contributed by atoms with E-state index in [-0.39, 0.29) is 21.5 Å². The van der Waals surface area contributed by atoms with Gasteiger partial charge in [-0.05, 0) is 17.7 Å². The molecule has 23 heavy (non-hydrogen) atoms. The molecule has 0 saturated heterocycles. The molecule has 0 aromatic heterocycles. The minimum atomic E-state index is -0.522. The zero-order valence-electron chi connectivity index (χ0n) is 11.8. The molecule has 0 aliphatic carbocycles. The molecule has 1 amide bonds. The third-order valence-corrected chi connectivity index (χ3v) is 3.87. The van der Waals surface area contributed by atoms with Crippen LogP contribution in [0.2, 0.25) is 15.1 Å². The number of nitrogens with one attached hydrogen (secondary N) is 1. The van der Waals surface area contributed by atoms with Crippen molar-refractivity contribution in [1.29, 1.82) is 0 Å². The van der Waals surface area contributed by atoms with Crippen molar-refractivity contribution in [1.82, 2.24) is 0 Å². The lowest BCUT2D eigenvalue weighted by atomic mass is 10.2. The van der Waals surface area contributed by atoms with Gasteiger partial charge in [0.15, 0.2) is 6.61 Å². The standard InChI is InChI=1S/C16H12Cl3NO3/c17-11-7-13(19)14(8-12(11)18)20-15(21)9-23-16(22)6-10-4-2-1-3-5-10/h1-5,7-8H,6,9H2,(H,20,21). The lowest BCUT2D eigenvalue weighted by molar-refractivity contribution is -0.146. The van der Waals surface area contributed by atoms with Crippen molar-refractivity contribution in [3.05, 3.63) is 63.1 Å². The van der Waals surface area contributed by atoms with Crippen LogP contribution in [0.5, 0.6) is 0 Å². The summed E-state index contributed by atoms with van der Waals surface area (Å²) >= 11 is 17.6. The van der Waals surface area contributed by atoms with Crippen molar-refractivity contribution in [2.24, 2.45) is 0 Å². The predicted molar refractivity (Wildman–Crippen MR) is 91.2 cm³/mol. The Morgan fingerprint density at radius 2 is 1.61 bits per heavy atom. The van der Waals surface area contributed by atoms with Crippen LogP contribution in [0.15, 0.2) is 42.5 Å². The molecule has 0 aliphatic heterocycles. The van der Waals surface area contributed by atoms with Crippen LogP contribution >= 0.6 is 34.8 Å². The van der Waals surface area contributed by atoms with Gasteiger partial charge in [0.2, 0.25) is 0 Å². The summed E-state index contributed by atoms with van der Waals surface area (Å²) in [6.45, 7) is -0.414. The average molecular weight is 373 g/mol. The number of hydrogen-bond acceptors (Lipinski definition) is 3. The van der Waals surface area contributed by atoms with Crippen molar-refractivity contribution in [2.75, 3.05) is 11.9 Å². The van der Waals surface area contributed by atoms with Crippen LogP contribution in [0.3, 0.4) is 0 Å². The predicted octanol–water partition coefficient (Wildman–Crippen LogP) is 4.37. The molecule has 0 unspecified atom stereocenters. The Balaban J connectivity index is 1.86. The monoisotopic (exact) mass is 371 g/mol. The molecule has 120 valence electrons. The van der Waals surface area contributed by atoms with Crippen LogP contribution in [-0.4, -0.2) is 18.5 Å². The maximum atomic E-state index is 11.8. The van der Waals surface area contributed by atoms with Crippen LogP contribution in [0.4, 0.5) is 5.69 Å². The number of carbonyl (C=O) groups excluding carboxylic acids is 2. The Morgan fingerprint density at radius 3 is 2.30 bits per heavy atom. The van der Waals surface area contributed by atoms with Gasteiger partial charge >= 0.3 is 5.97 Å². The van der Waals surface area contributed by atoms with Crippen LogP contribution in [0.25, 0.3) is 0 Å². The number of rotatable bonds is 5. The quantitative estimate of drug-likeness (QED) is 0.626. The van der Waals surface area contributed by atoms with Gasteiger partial charge < -0.3 is 10.1 Å². The molecule has 0 bridgehead atoms. The Hall–Kier alpha value is -1.75. The van der Waals surface area contributed by atoms with Gasteiger partial charge in [-0.2, -0.15) is 0 Å². The molecular weight excluding hydrogens is 361 g/mol. The first-order valence-corrected chi connectivity index (χ1v) is 7.73. The van der Waals surface area contributed by atoms with E-state index in [0.29, 0.717) is 5.69 Å². The highest BCUT2D eigenvalue weighted by Crippen LogP contribution is 2.32. The molecule has 0 fully saturated rings. The van der Waals surface area contributed by atoms with Gasteiger partial charge in [-0.1, -0.05) is 65.1 Å².